The maximum atomic E-state index is 12.3. The fourth-order valence-corrected chi connectivity index (χ4v) is 2.79. The molecule has 1 atom stereocenters. The predicted octanol–water partition coefficient (Wildman–Crippen LogP) is 3.52. The Balaban J connectivity index is 1.72. The smallest absolute Gasteiger partial charge is 0.270 e. The molecule has 0 heterocycles. The Labute approximate surface area is 150 Å². The average Bonchev–Trinajstić information content (AvgIpc) is 2.65. The van der Waals surface area contributed by atoms with E-state index in [9.17, 15) is 20.0 Å². The molecule has 26 heavy (non-hydrogen) atoms. The number of amides is 1. The Morgan fingerprint density at radius 3 is 2.58 bits per heavy atom. The van der Waals surface area contributed by atoms with E-state index in [0.717, 1.165) is 10.8 Å². The number of aliphatic hydroxyl groups is 1. The zero-order valence-corrected chi connectivity index (χ0v) is 14.2. The van der Waals surface area contributed by atoms with E-state index in [0.29, 0.717) is 11.1 Å². The molecule has 0 bridgehead atoms. The minimum atomic E-state index is -0.873. The summed E-state index contributed by atoms with van der Waals surface area (Å²) in [5.74, 6) is -0.453. The minimum absolute atomic E-state index is 0.0132. The number of carbonyl (C=O) groups is 1. The lowest BCUT2D eigenvalue weighted by Crippen LogP contribution is -2.29. The number of hydrogen-bond acceptors (Lipinski definition) is 4. The molecule has 0 aliphatic carbocycles. The maximum absolute atomic E-state index is 12.3. The van der Waals surface area contributed by atoms with E-state index < -0.39 is 16.9 Å². The summed E-state index contributed by atoms with van der Waals surface area (Å²) in [5, 5.41) is 26.0. The molecule has 0 radical (unpaired) electrons. The van der Waals surface area contributed by atoms with Crippen LogP contribution in [0.15, 0.2) is 60.7 Å². The molecule has 2 N–H and O–H groups in total. The van der Waals surface area contributed by atoms with Crippen molar-refractivity contribution in [3.8, 4) is 0 Å². The first-order valence-corrected chi connectivity index (χ1v) is 8.15. The number of hydrogen-bond donors (Lipinski definition) is 2. The van der Waals surface area contributed by atoms with E-state index in [-0.39, 0.29) is 17.8 Å². The predicted molar refractivity (Wildman–Crippen MR) is 99.1 cm³/mol. The lowest BCUT2D eigenvalue weighted by Gasteiger charge is -2.14. The van der Waals surface area contributed by atoms with Crippen LogP contribution < -0.4 is 5.32 Å². The van der Waals surface area contributed by atoms with Crippen molar-refractivity contribution in [2.75, 3.05) is 6.54 Å². The number of nitro benzene ring substituents is 1. The lowest BCUT2D eigenvalue weighted by molar-refractivity contribution is -0.384. The van der Waals surface area contributed by atoms with Gasteiger partial charge >= 0.3 is 0 Å². The number of nitrogens with one attached hydrogen (secondary N) is 1. The number of fused-ring (bicyclic) bond motifs is 1. The number of aryl methyl sites for hydroxylation is 1. The van der Waals surface area contributed by atoms with Crippen molar-refractivity contribution in [1.82, 2.24) is 5.32 Å². The fraction of sp³-hybridized carbons (Fsp3) is 0.150. The van der Waals surface area contributed by atoms with Crippen LogP contribution in [-0.2, 0) is 0 Å². The SMILES string of the molecule is Cc1ccc([N+](=O)[O-])cc1C(=O)NCC(O)c1ccc2ccccc2c1. The summed E-state index contributed by atoms with van der Waals surface area (Å²) in [6.07, 6.45) is -0.873. The van der Waals surface area contributed by atoms with Crippen LogP contribution in [0.2, 0.25) is 0 Å². The number of benzene rings is 3. The first-order chi connectivity index (χ1) is 12.5. The number of aliphatic hydroxyl groups excluding tert-OH is 1. The molecule has 0 saturated carbocycles. The Hall–Kier alpha value is -3.25. The number of nitro groups is 1. The van der Waals surface area contributed by atoms with Crippen molar-refractivity contribution < 1.29 is 14.8 Å². The largest absolute Gasteiger partial charge is 0.387 e. The molecule has 3 aromatic rings. The second-order valence-corrected chi connectivity index (χ2v) is 6.09. The Morgan fingerprint density at radius 2 is 1.85 bits per heavy atom. The molecule has 0 aliphatic rings. The number of non-ortho nitro benzene ring substituents is 1. The maximum Gasteiger partial charge on any atom is 0.270 e. The van der Waals surface area contributed by atoms with E-state index in [1.165, 1.54) is 18.2 Å². The summed E-state index contributed by atoms with van der Waals surface area (Å²) in [6.45, 7) is 1.72. The zero-order valence-electron chi connectivity index (χ0n) is 14.2. The molecule has 0 spiro atoms. The van der Waals surface area contributed by atoms with Crippen LogP contribution in [0.1, 0.15) is 27.6 Å². The number of carbonyl (C=O) groups excluding carboxylic acids is 1. The highest BCUT2D eigenvalue weighted by atomic mass is 16.6. The third kappa shape index (κ3) is 3.70. The molecule has 0 aromatic heterocycles. The van der Waals surface area contributed by atoms with E-state index in [1.807, 2.05) is 42.5 Å². The van der Waals surface area contributed by atoms with E-state index in [1.54, 1.807) is 6.92 Å². The molecule has 0 saturated heterocycles. The molecule has 1 amide bonds. The van der Waals surface area contributed by atoms with Crippen LogP contribution in [0, 0.1) is 17.0 Å². The molecule has 132 valence electrons. The van der Waals surface area contributed by atoms with Crippen molar-refractivity contribution in [3.63, 3.8) is 0 Å². The van der Waals surface area contributed by atoms with Gasteiger partial charge in [-0.05, 0) is 34.9 Å². The Bertz CT molecular complexity index is 984. The minimum Gasteiger partial charge on any atom is -0.387 e. The third-order valence-electron chi connectivity index (χ3n) is 4.29. The molecule has 1 unspecified atom stereocenters. The van der Waals surface area contributed by atoms with Crippen molar-refractivity contribution in [2.24, 2.45) is 0 Å². The number of rotatable bonds is 5. The van der Waals surface area contributed by atoms with Crippen LogP contribution in [0.4, 0.5) is 5.69 Å². The van der Waals surface area contributed by atoms with Gasteiger partial charge in [0.05, 0.1) is 11.0 Å². The fourth-order valence-electron chi connectivity index (χ4n) is 2.79. The molecule has 6 nitrogen and oxygen atoms in total. The summed E-state index contributed by atoms with van der Waals surface area (Å²) in [7, 11) is 0. The molecule has 0 fully saturated rings. The van der Waals surface area contributed by atoms with Gasteiger partial charge in [0.15, 0.2) is 0 Å². The van der Waals surface area contributed by atoms with Crippen LogP contribution in [-0.4, -0.2) is 22.5 Å². The van der Waals surface area contributed by atoms with Crippen LogP contribution in [0.25, 0.3) is 10.8 Å². The second kappa shape index (κ2) is 7.33. The quantitative estimate of drug-likeness (QED) is 0.544. The molecule has 0 aliphatic heterocycles. The molecule has 3 rings (SSSR count). The van der Waals surface area contributed by atoms with Gasteiger partial charge in [-0.2, -0.15) is 0 Å². The van der Waals surface area contributed by atoms with Gasteiger partial charge in [0, 0.05) is 24.2 Å². The van der Waals surface area contributed by atoms with Gasteiger partial charge in [-0.15, -0.1) is 0 Å². The van der Waals surface area contributed by atoms with Crippen LogP contribution in [0.5, 0.6) is 0 Å². The Kier molecular flexibility index (Phi) is 4.95. The summed E-state index contributed by atoms with van der Waals surface area (Å²) in [6, 6.07) is 17.6. The topological polar surface area (TPSA) is 92.5 Å². The van der Waals surface area contributed by atoms with E-state index in [2.05, 4.69) is 5.32 Å². The molecule has 6 heteroatoms. The van der Waals surface area contributed by atoms with Crippen LogP contribution in [0.3, 0.4) is 0 Å². The van der Waals surface area contributed by atoms with Crippen molar-refractivity contribution in [2.45, 2.75) is 13.0 Å². The first-order valence-electron chi connectivity index (χ1n) is 8.15. The third-order valence-corrected chi connectivity index (χ3v) is 4.29. The van der Waals surface area contributed by atoms with Crippen molar-refractivity contribution in [1.29, 1.82) is 0 Å². The van der Waals surface area contributed by atoms with Gasteiger partial charge in [-0.1, -0.05) is 42.5 Å². The van der Waals surface area contributed by atoms with Gasteiger partial charge in [-0.25, -0.2) is 0 Å². The van der Waals surface area contributed by atoms with Gasteiger partial charge in [-0.3, -0.25) is 14.9 Å². The zero-order chi connectivity index (χ0) is 18.7. The second-order valence-electron chi connectivity index (χ2n) is 6.09. The average molecular weight is 350 g/mol. The van der Waals surface area contributed by atoms with Gasteiger partial charge < -0.3 is 10.4 Å². The van der Waals surface area contributed by atoms with Gasteiger partial charge in [0.25, 0.3) is 11.6 Å². The summed E-state index contributed by atoms with van der Waals surface area (Å²) < 4.78 is 0. The van der Waals surface area contributed by atoms with Gasteiger partial charge in [0.2, 0.25) is 0 Å². The van der Waals surface area contributed by atoms with E-state index >= 15 is 0 Å². The van der Waals surface area contributed by atoms with Gasteiger partial charge in [0.1, 0.15) is 0 Å². The first kappa shape index (κ1) is 17.6. The summed E-state index contributed by atoms with van der Waals surface area (Å²) in [5.41, 5.74) is 1.41. The normalized spacial score (nSPS) is 11.9. The van der Waals surface area contributed by atoms with Crippen molar-refractivity contribution in [3.05, 3.63) is 87.5 Å². The summed E-state index contributed by atoms with van der Waals surface area (Å²) >= 11 is 0. The Morgan fingerprint density at radius 1 is 1.12 bits per heavy atom. The molecular formula is C20H18N2O4. The highest BCUT2D eigenvalue weighted by molar-refractivity contribution is 5.96. The lowest BCUT2D eigenvalue weighted by atomic mass is 10.0. The molecule has 3 aromatic carbocycles. The van der Waals surface area contributed by atoms with Crippen molar-refractivity contribution >= 4 is 22.4 Å². The monoisotopic (exact) mass is 350 g/mol. The van der Waals surface area contributed by atoms with E-state index in [4.69, 9.17) is 0 Å². The highest BCUT2D eigenvalue weighted by Crippen LogP contribution is 2.21. The highest BCUT2D eigenvalue weighted by Gasteiger charge is 2.16. The molecular weight excluding hydrogens is 332 g/mol. The van der Waals surface area contributed by atoms with Crippen LogP contribution >= 0.6 is 0 Å². The number of nitrogens with zero attached hydrogens (tertiary/aromatic N) is 1. The standard InChI is InChI=1S/C20H18N2O4/c1-13-6-9-17(22(25)26)11-18(13)20(24)21-12-19(23)16-8-7-14-4-2-3-5-15(14)10-16/h2-11,19,23H,12H2,1H3,(H,21,24). The summed E-state index contributed by atoms with van der Waals surface area (Å²) in [4.78, 5) is 22.7.